The smallest absolute Gasteiger partial charge is 0.472 e. The number of aliphatic carboxylic acids is 1. The van der Waals surface area contributed by atoms with Gasteiger partial charge in [0.2, 0.25) is 5.91 Å². The van der Waals surface area contributed by atoms with Gasteiger partial charge in [0.25, 0.3) is 0 Å². The minimum Gasteiger partial charge on any atom is -0.480 e. The fourth-order valence-electron chi connectivity index (χ4n) is 5.03. The normalized spacial score (nSPS) is 14.9. The number of allylic oxidation sites excluding steroid dienone is 21. The molecule has 0 aliphatic heterocycles. The zero-order valence-corrected chi connectivity index (χ0v) is 38.2. The second-order valence-electron chi connectivity index (χ2n) is 14.2. The van der Waals surface area contributed by atoms with Crippen LogP contribution in [-0.4, -0.2) is 64.9 Å². The van der Waals surface area contributed by atoms with Crippen LogP contribution in [0.4, 0.5) is 0 Å². The molecule has 0 bridgehead atoms. The van der Waals surface area contributed by atoms with Crippen LogP contribution in [0.15, 0.2) is 134 Å². The summed E-state index contributed by atoms with van der Waals surface area (Å²) in [5, 5.41) is 21.7. The summed E-state index contributed by atoms with van der Waals surface area (Å²) in [6.45, 7) is 2.30. The summed E-state index contributed by atoms with van der Waals surface area (Å²) in [4.78, 5) is 45.9. The molecule has 12 heteroatoms. The third-order valence-corrected chi connectivity index (χ3v) is 9.40. The number of rotatable bonds is 39. The molecule has 4 N–H and O–H groups in total. The van der Waals surface area contributed by atoms with E-state index in [1.165, 1.54) is 19.3 Å². The van der Waals surface area contributed by atoms with Gasteiger partial charge in [-0.25, -0.2) is 9.36 Å². The zero-order valence-electron chi connectivity index (χ0n) is 37.4. The van der Waals surface area contributed by atoms with Gasteiger partial charge in [0.1, 0.15) is 12.7 Å². The molecule has 1 amide bonds. The molecular formula is C50H76NO10P. The van der Waals surface area contributed by atoms with Crippen molar-refractivity contribution in [1.82, 2.24) is 5.32 Å². The molecule has 0 aromatic carbocycles. The fourth-order valence-corrected chi connectivity index (χ4v) is 5.80. The third-order valence-electron chi connectivity index (χ3n) is 8.45. The lowest BCUT2D eigenvalue weighted by Gasteiger charge is -2.18. The van der Waals surface area contributed by atoms with Gasteiger partial charge < -0.3 is 25.2 Å². The summed E-state index contributed by atoms with van der Waals surface area (Å²) < 4.78 is 26.7. The van der Waals surface area contributed by atoms with Gasteiger partial charge >= 0.3 is 19.8 Å². The minimum absolute atomic E-state index is 0.102. The van der Waals surface area contributed by atoms with Crippen molar-refractivity contribution in [2.24, 2.45) is 0 Å². The van der Waals surface area contributed by atoms with Crippen LogP contribution in [0.25, 0.3) is 0 Å². The Bertz CT molecular complexity index is 1550. The first-order valence-corrected chi connectivity index (χ1v) is 23.7. The number of amides is 1. The second-order valence-corrected chi connectivity index (χ2v) is 15.6. The van der Waals surface area contributed by atoms with Gasteiger partial charge in [-0.15, -0.1) is 0 Å². The van der Waals surface area contributed by atoms with Gasteiger partial charge in [-0.2, -0.15) is 0 Å². The average Bonchev–Trinajstić information content (AvgIpc) is 3.25. The van der Waals surface area contributed by atoms with Crippen molar-refractivity contribution < 1.29 is 47.8 Å². The SMILES string of the molecule is CC/C=C\C/C=C\C/C=C\C/C=C\C/C=C\C/C=C\C/C=C\CC(=O)NC(COP(=O)(O)OCC(O)COC(=O)CCC/C=C\C/C=C\C/C=C\C/C=C\CCCCC)C(=O)O. The number of aliphatic hydroxyl groups excluding tert-OH is 1. The quantitative estimate of drug-likeness (QED) is 0.0202. The van der Waals surface area contributed by atoms with Crippen molar-refractivity contribution in [2.45, 2.75) is 142 Å². The first kappa shape index (κ1) is 57.6. The Morgan fingerprint density at radius 3 is 1.39 bits per heavy atom. The van der Waals surface area contributed by atoms with E-state index in [0.717, 1.165) is 64.2 Å². The van der Waals surface area contributed by atoms with E-state index in [9.17, 15) is 34.1 Å². The Morgan fingerprint density at radius 1 is 0.548 bits per heavy atom. The molecule has 0 aromatic heterocycles. The van der Waals surface area contributed by atoms with Gasteiger partial charge in [0.05, 0.1) is 13.2 Å². The molecule has 0 fully saturated rings. The topological polar surface area (TPSA) is 169 Å². The number of aliphatic hydroxyl groups is 1. The van der Waals surface area contributed by atoms with Crippen LogP contribution in [-0.2, 0) is 32.7 Å². The van der Waals surface area contributed by atoms with Crippen LogP contribution in [0.1, 0.15) is 129 Å². The van der Waals surface area contributed by atoms with Crippen molar-refractivity contribution in [3.8, 4) is 0 Å². The number of carboxylic acid groups (broad SMARTS) is 1. The van der Waals surface area contributed by atoms with E-state index < -0.39 is 57.6 Å². The maximum Gasteiger partial charge on any atom is 0.472 e. The summed E-state index contributed by atoms with van der Waals surface area (Å²) in [6, 6.07) is -1.62. The molecule has 0 heterocycles. The number of carbonyl (C=O) groups is 3. The van der Waals surface area contributed by atoms with Crippen molar-refractivity contribution in [1.29, 1.82) is 0 Å². The highest BCUT2D eigenvalue weighted by Gasteiger charge is 2.28. The summed E-state index contributed by atoms with van der Waals surface area (Å²) >= 11 is 0. The Morgan fingerprint density at radius 2 is 0.952 bits per heavy atom. The van der Waals surface area contributed by atoms with E-state index in [1.807, 2.05) is 24.3 Å². The molecule has 0 saturated heterocycles. The Labute approximate surface area is 372 Å². The molecule has 0 rings (SSSR count). The number of ether oxygens (including phenoxy) is 1. The second kappa shape index (κ2) is 43.3. The largest absolute Gasteiger partial charge is 0.480 e. The number of esters is 1. The van der Waals surface area contributed by atoms with Crippen molar-refractivity contribution in [2.75, 3.05) is 19.8 Å². The van der Waals surface area contributed by atoms with Gasteiger partial charge in [-0.1, -0.05) is 160 Å². The predicted molar refractivity (Wildman–Crippen MR) is 253 cm³/mol. The highest BCUT2D eigenvalue weighted by molar-refractivity contribution is 7.47. The van der Waals surface area contributed by atoms with Gasteiger partial charge in [-0.3, -0.25) is 18.6 Å². The highest BCUT2D eigenvalue weighted by atomic mass is 31.2. The minimum atomic E-state index is -4.81. The first-order valence-electron chi connectivity index (χ1n) is 22.2. The van der Waals surface area contributed by atoms with E-state index >= 15 is 0 Å². The highest BCUT2D eigenvalue weighted by Crippen LogP contribution is 2.43. The molecule has 346 valence electrons. The molecular weight excluding hydrogens is 806 g/mol. The first-order chi connectivity index (χ1) is 30.1. The van der Waals surface area contributed by atoms with Gasteiger partial charge in [-0.05, 0) is 89.9 Å². The number of carbonyl (C=O) groups excluding carboxylic acids is 2. The molecule has 0 aliphatic rings. The van der Waals surface area contributed by atoms with E-state index in [-0.39, 0.29) is 12.8 Å². The van der Waals surface area contributed by atoms with E-state index in [4.69, 9.17) is 13.8 Å². The maximum absolute atomic E-state index is 12.3. The van der Waals surface area contributed by atoms with Crippen LogP contribution in [0, 0.1) is 0 Å². The number of nitrogens with one attached hydrogen (secondary N) is 1. The summed E-state index contributed by atoms with van der Waals surface area (Å²) in [7, 11) is -4.81. The lowest BCUT2D eigenvalue weighted by molar-refractivity contribution is -0.147. The molecule has 0 spiro atoms. The predicted octanol–water partition coefficient (Wildman–Crippen LogP) is 11.8. The van der Waals surface area contributed by atoms with Crippen LogP contribution in [0.5, 0.6) is 0 Å². The lowest BCUT2D eigenvalue weighted by atomic mass is 10.2. The number of phosphoric ester groups is 1. The lowest BCUT2D eigenvalue weighted by Crippen LogP contribution is -2.43. The maximum atomic E-state index is 12.3. The third kappa shape index (κ3) is 42.3. The Kier molecular flexibility index (Phi) is 40.2. The summed E-state index contributed by atoms with van der Waals surface area (Å²) in [5.74, 6) is -2.63. The van der Waals surface area contributed by atoms with Crippen LogP contribution >= 0.6 is 7.82 Å². The molecule has 3 unspecified atom stereocenters. The standard InChI is InChI=1S/C50H76NO10P/c1-3-5-7-9-11-13-15-17-19-21-22-23-24-26-27-29-31-33-35-37-39-41-48(53)51-47(50(55)56)45-61-62(57,58)60-44-46(52)43-59-49(54)42-40-38-36-34-32-30-28-25-20-18-16-14-12-10-8-6-4-2/h5,7,11-14,17-20,22-23,26-28,30-31,33-34,36-37,39,46-47,52H,3-4,6,8-10,15-16,21,24-25,29,32,35,38,40-45H2,1-2H3,(H,51,53)(H,55,56)(H,57,58)/b7-5-,13-11-,14-12-,19-17-,20-18-,23-22-,27-26-,30-28-,33-31-,36-34-,39-37-. The van der Waals surface area contributed by atoms with Crippen molar-refractivity contribution in [3.63, 3.8) is 0 Å². The molecule has 0 aliphatic carbocycles. The van der Waals surface area contributed by atoms with Crippen LogP contribution < -0.4 is 5.32 Å². The molecule has 11 nitrogen and oxygen atoms in total. The van der Waals surface area contributed by atoms with Gasteiger partial charge in [0, 0.05) is 12.8 Å². The van der Waals surface area contributed by atoms with Crippen LogP contribution in [0.3, 0.4) is 0 Å². The number of phosphoric acid groups is 1. The molecule has 62 heavy (non-hydrogen) atoms. The summed E-state index contributed by atoms with van der Waals surface area (Å²) in [6.07, 6.45) is 59.4. The van der Waals surface area contributed by atoms with E-state index in [2.05, 4.69) is 116 Å². The van der Waals surface area contributed by atoms with E-state index in [1.54, 1.807) is 12.2 Å². The number of carboxylic acids is 1. The fraction of sp³-hybridized carbons (Fsp3) is 0.500. The van der Waals surface area contributed by atoms with Crippen LogP contribution in [0.2, 0.25) is 0 Å². The number of hydrogen-bond donors (Lipinski definition) is 4. The molecule has 0 saturated carbocycles. The average molecular weight is 882 g/mol. The molecule has 0 aromatic rings. The summed E-state index contributed by atoms with van der Waals surface area (Å²) in [5.41, 5.74) is 0. The van der Waals surface area contributed by atoms with E-state index in [0.29, 0.717) is 19.3 Å². The number of unbranched alkanes of at least 4 members (excludes halogenated alkanes) is 4. The van der Waals surface area contributed by atoms with Crippen molar-refractivity contribution >= 4 is 25.7 Å². The Hall–Kier alpha value is -4.38. The zero-order chi connectivity index (χ0) is 45.6. The van der Waals surface area contributed by atoms with Gasteiger partial charge in [0.15, 0.2) is 6.04 Å². The molecule has 3 atom stereocenters. The molecule has 0 radical (unpaired) electrons. The number of hydrogen-bond acceptors (Lipinski definition) is 8. The Balaban J connectivity index is 4.14. The monoisotopic (exact) mass is 882 g/mol. The van der Waals surface area contributed by atoms with Crippen molar-refractivity contribution in [3.05, 3.63) is 134 Å².